The summed E-state index contributed by atoms with van der Waals surface area (Å²) in [5, 5.41) is 10.8. The average molecular weight is 339 g/mol. The number of halogens is 3. The molecule has 0 fully saturated rings. The number of hydrogen-bond donors (Lipinski definition) is 1. The van der Waals surface area contributed by atoms with Crippen LogP contribution in [-0.4, -0.2) is 5.11 Å². The predicted octanol–water partition coefficient (Wildman–Crippen LogP) is 4.56. The van der Waals surface area contributed by atoms with Crippen molar-refractivity contribution in [3.8, 4) is 0 Å². The van der Waals surface area contributed by atoms with Crippen LogP contribution in [0.3, 0.4) is 0 Å². The summed E-state index contributed by atoms with van der Waals surface area (Å²) in [6.07, 6.45) is -1.16. The fourth-order valence-corrected chi connectivity index (χ4v) is 2.56. The first-order valence-corrected chi connectivity index (χ1v) is 6.66. The fourth-order valence-electron chi connectivity index (χ4n) is 2.08. The summed E-state index contributed by atoms with van der Waals surface area (Å²) in [6.45, 7) is 0. The highest BCUT2D eigenvalue weighted by molar-refractivity contribution is 9.10. The minimum absolute atomic E-state index is 0.0806. The van der Waals surface area contributed by atoms with E-state index in [0.29, 0.717) is 15.4 Å². The smallest absolute Gasteiger partial charge is 0.170 e. The first kappa shape index (κ1) is 13.3. The summed E-state index contributed by atoms with van der Waals surface area (Å²) in [5.41, 5.74) is 0.411. The van der Waals surface area contributed by atoms with Crippen molar-refractivity contribution in [3.05, 3.63) is 69.9 Å². The molecule has 5 heteroatoms. The van der Waals surface area contributed by atoms with Crippen molar-refractivity contribution in [2.45, 2.75) is 6.10 Å². The Bertz CT molecular complexity index is 762. The highest BCUT2D eigenvalue weighted by Gasteiger charge is 2.18. The average Bonchev–Trinajstić information content (AvgIpc) is 2.82. The minimum atomic E-state index is -1.16. The van der Waals surface area contributed by atoms with Gasteiger partial charge in [0.1, 0.15) is 17.7 Å². The van der Waals surface area contributed by atoms with Crippen LogP contribution in [-0.2, 0) is 0 Å². The first-order valence-electron chi connectivity index (χ1n) is 5.86. The van der Waals surface area contributed by atoms with Gasteiger partial charge in [0.2, 0.25) is 0 Å². The van der Waals surface area contributed by atoms with Gasteiger partial charge in [0, 0.05) is 9.86 Å². The maximum atomic E-state index is 13.6. The van der Waals surface area contributed by atoms with Crippen molar-refractivity contribution >= 4 is 26.9 Å². The van der Waals surface area contributed by atoms with Crippen LogP contribution in [0.15, 0.2) is 51.4 Å². The number of hydrogen-bond acceptors (Lipinski definition) is 2. The van der Waals surface area contributed by atoms with E-state index in [1.165, 1.54) is 18.2 Å². The molecule has 1 atom stereocenters. The van der Waals surface area contributed by atoms with E-state index in [2.05, 4.69) is 15.9 Å². The standard InChI is InChI=1S/C15H9BrF2O2/c16-10-4-9(5-11(17)7-10)14(19)13-6-8-2-1-3-12(18)15(8)20-13/h1-7,14,19H. The maximum absolute atomic E-state index is 13.6. The van der Waals surface area contributed by atoms with Crippen molar-refractivity contribution in [2.75, 3.05) is 0 Å². The SMILES string of the molecule is OC(c1cc(F)cc(Br)c1)c1cc2cccc(F)c2o1. The van der Waals surface area contributed by atoms with E-state index in [0.717, 1.165) is 0 Å². The summed E-state index contributed by atoms with van der Waals surface area (Å²) in [5.74, 6) is -0.806. The van der Waals surface area contributed by atoms with Crippen LogP contribution < -0.4 is 0 Å². The molecule has 0 radical (unpaired) electrons. The van der Waals surface area contributed by atoms with Crippen LogP contribution in [0.25, 0.3) is 11.0 Å². The van der Waals surface area contributed by atoms with Gasteiger partial charge in [0.25, 0.3) is 0 Å². The third kappa shape index (κ3) is 2.34. The Balaban J connectivity index is 2.07. The Kier molecular flexibility index (Phi) is 3.31. The summed E-state index contributed by atoms with van der Waals surface area (Å²) < 4.78 is 32.7. The molecule has 0 aliphatic rings. The number of aliphatic hydroxyl groups is 1. The Labute approximate surface area is 121 Å². The number of para-hydroxylation sites is 1. The zero-order valence-electron chi connectivity index (χ0n) is 10.1. The van der Waals surface area contributed by atoms with Gasteiger partial charge in [-0.2, -0.15) is 0 Å². The second-order valence-corrected chi connectivity index (χ2v) is 5.33. The molecule has 3 rings (SSSR count). The van der Waals surface area contributed by atoms with E-state index in [9.17, 15) is 13.9 Å². The van der Waals surface area contributed by atoms with Crippen LogP contribution >= 0.6 is 15.9 Å². The molecule has 1 aromatic heterocycles. The summed E-state index contributed by atoms with van der Waals surface area (Å²) >= 11 is 3.16. The molecule has 0 saturated heterocycles. The van der Waals surface area contributed by atoms with Gasteiger partial charge in [0.15, 0.2) is 11.4 Å². The molecule has 0 amide bonds. The second-order valence-electron chi connectivity index (χ2n) is 4.41. The van der Waals surface area contributed by atoms with Crippen LogP contribution in [0.1, 0.15) is 17.4 Å². The molecule has 3 aromatic rings. The highest BCUT2D eigenvalue weighted by atomic mass is 79.9. The fraction of sp³-hybridized carbons (Fsp3) is 0.0667. The highest BCUT2D eigenvalue weighted by Crippen LogP contribution is 2.31. The number of fused-ring (bicyclic) bond motifs is 1. The molecule has 1 heterocycles. The zero-order chi connectivity index (χ0) is 14.3. The molecule has 0 spiro atoms. The molecule has 1 unspecified atom stereocenters. The summed E-state index contributed by atoms with van der Waals surface area (Å²) in [6, 6.07) is 10.1. The Morgan fingerprint density at radius 3 is 2.60 bits per heavy atom. The van der Waals surface area contributed by atoms with Gasteiger partial charge in [-0.25, -0.2) is 8.78 Å². The molecule has 0 aliphatic heterocycles. The topological polar surface area (TPSA) is 33.4 Å². The Morgan fingerprint density at radius 1 is 1.10 bits per heavy atom. The lowest BCUT2D eigenvalue weighted by molar-refractivity contribution is 0.191. The number of aliphatic hydroxyl groups excluding tert-OH is 1. The van der Waals surface area contributed by atoms with E-state index in [1.54, 1.807) is 24.3 Å². The van der Waals surface area contributed by atoms with E-state index >= 15 is 0 Å². The predicted molar refractivity (Wildman–Crippen MR) is 74.3 cm³/mol. The van der Waals surface area contributed by atoms with E-state index in [4.69, 9.17) is 4.42 Å². The van der Waals surface area contributed by atoms with Gasteiger partial charge in [-0.3, -0.25) is 0 Å². The second kappa shape index (κ2) is 5.00. The Morgan fingerprint density at radius 2 is 1.90 bits per heavy atom. The quantitative estimate of drug-likeness (QED) is 0.743. The molecule has 2 aromatic carbocycles. The number of furan rings is 1. The van der Waals surface area contributed by atoms with Crippen LogP contribution in [0.2, 0.25) is 0 Å². The first-order chi connectivity index (χ1) is 9.54. The molecule has 20 heavy (non-hydrogen) atoms. The largest absolute Gasteiger partial charge is 0.455 e. The van der Waals surface area contributed by atoms with Crippen molar-refractivity contribution in [1.29, 1.82) is 0 Å². The molecule has 102 valence electrons. The van der Waals surface area contributed by atoms with Crippen molar-refractivity contribution < 1.29 is 18.3 Å². The van der Waals surface area contributed by atoms with Gasteiger partial charge >= 0.3 is 0 Å². The van der Waals surface area contributed by atoms with Crippen LogP contribution in [0.4, 0.5) is 8.78 Å². The van der Waals surface area contributed by atoms with Gasteiger partial charge < -0.3 is 9.52 Å². The lowest BCUT2D eigenvalue weighted by atomic mass is 10.1. The summed E-state index contributed by atoms with van der Waals surface area (Å²) in [4.78, 5) is 0. The van der Waals surface area contributed by atoms with Gasteiger partial charge in [-0.1, -0.05) is 28.1 Å². The third-order valence-electron chi connectivity index (χ3n) is 2.99. The maximum Gasteiger partial charge on any atom is 0.170 e. The van der Waals surface area contributed by atoms with Crippen LogP contribution in [0, 0.1) is 11.6 Å². The van der Waals surface area contributed by atoms with E-state index < -0.39 is 17.7 Å². The number of benzene rings is 2. The summed E-state index contributed by atoms with van der Waals surface area (Å²) in [7, 11) is 0. The number of rotatable bonds is 2. The molecule has 0 saturated carbocycles. The van der Waals surface area contributed by atoms with Crippen molar-refractivity contribution in [2.24, 2.45) is 0 Å². The van der Waals surface area contributed by atoms with Gasteiger partial charge in [0.05, 0.1) is 0 Å². The molecule has 2 nitrogen and oxygen atoms in total. The van der Waals surface area contributed by atoms with E-state index in [-0.39, 0.29) is 11.3 Å². The van der Waals surface area contributed by atoms with Gasteiger partial charge in [-0.15, -0.1) is 0 Å². The zero-order valence-corrected chi connectivity index (χ0v) is 11.7. The lowest BCUT2D eigenvalue weighted by Crippen LogP contribution is -1.98. The van der Waals surface area contributed by atoms with Gasteiger partial charge in [-0.05, 0) is 35.9 Å². The molecule has 1 N–H and O–H groups in total. The normalized spacial score (nSPS) is 12.8. The molecule has 0 bridgehead atoms. The monoisotopic (exact) mass is 338 g/mol. The molecular weight excluding hydrogens is 330 g/mol. The molecular formula is C15H9BrF2O2. The Hall–Kier alpha value is -1.72. The van der Waals surface area contributed by atoms with Crippen molar-refractivity contribution in [1.82, 2.24) is 0 Å². The minimum Gasteiger partial charge on any atom is -0.455 e. The third-order valence-corrected chi connectivity index (χ3v) is 3.44. The van der Waals surface area contributed by atoms with E-state index in [1.807, 2.05) is 0 Å². The van der Waals surface area contributed by atoms with Crippen molar-refractivity contribution in [3.63, 3.8) is 0 Å². The lowest BCUT2D eigenvalue weighted by Gasteiger charge is -2.08. The van der Waals surface area contributed by atoms with Crippen LogP contribution in [0.5, 0.6) is 0 Å². The molecule has 0 aliphatic carbocycles.